The van der Waals surface area contributed by atoms with Gasteiger partial charge in [-0.3, -0.25) is 5.32 Å². The first kappa shape index (κ1) is 23.4. The molecule has 2 aromatic heterocycles. The minimum Gasteiger partial charge on any atom is -0.436 e. The molecule has 0 spiro atoms. The Kier molecular flexibility index (Phi) is 8.54. The van der Waals surface area contributed by atoms with E-state index in [9.17, 15) is 9.59 Å². The minimum absolute atomic E-state index is 0. The Morgan fingerprint density at radius 1 is 1.13 bits per heavy atom. The van der Waals surface area contributed by atoms with E-state index < -0.39 is 6.09 Å². The Bertz CT molecular complexity index is 1100. The molecule has 3 N–H and O–H groups in total. The van der Waals surface area contributed by atoms with E-state index in [-0.39, 0.29) is 31.6 Å². The highest BCUT2D eigenvalue weighted by molar-refractivity contribution is 6.00. The van der Waals surface area contributed by atoms with Crippen LogP contribution in [0.25, 0.3) is 21.9 Å². The van der Waals surface area contributed by atoms with Crippen LogP contribution in [-0.2, 0) is 11.3 Å². The molecule has 31 heavy (non-hydrogen) atoms. The number of ether oxygens (including phenoxy) is 1. The van der Waals surface area contributed by atoms with E-state index in [2.05, 4.69) is 36.8 Å². The van der Waals surface area contributed by atoms with E-state index in [1.807, 2.05) is 19.1 Å². The zero-order valence-electron chi connectivity index (χ0n) is 16.7. The predicted octanol–water partition coefficient (Wildman–Crippen LogP) is 3.11. The molecular formula is C21H21ClN6O3. The molecule has 0 aliphatic rings. The van der Waals surface area contributed by atoms with Gasteiger partial charge in [0.2, 0.25) is 0 Å². The molecule has 0 aliphatic heterocycles. The highest BCUT2D eigenvalue weighted by Gasteiger charge is 2.12. The van der Waals surface area contributed by atoms with Gasteiger partial charge in [0, 0.05) is 42.6 Å². The van der Waals surface area contributed by atoms with Gasteiger partial charge in [0.1, 0.15) is 12.1 Å². The summed E-state index contributed by atoms with van der Waals surface area (Å²) < 4.78 is 4.83. The Morgan fingerprint density at radius 2 is 1.90 bits per heavy atom. The van der Waals surface area contributed by atoms with Crippen molar-refractivity contribution in [2.75, 3.05) is 18.5 Å². The number of fused-ring (bicyclic) bond motifs is 1. The summed E-state index contributed by atoms with van der Waals surface area (Å²) in [6, 6.07) is 5.21. The van der Waals surface area contributed by atoms with Gasteiger partial charge in [0.15, 0.2) is 6.61 Å². The summed E-state index contributed by atoms with van der Waals surface area (Å²) in [5.41, 5.74) is 2.50. The molecular weight excluding hydrogens is 420 g/mol. The standard InChI is InChI=1S/C21H20N6O3.ClH/c1-3-7-30-21(29)26-11-14-5-6-16(15-9-22-13-23-10-15)17-8-19(25-12-18(14)17)27-20(28)24-4-2;/h1,5-6,8-10,12-13H,4,7,11H2,2H3,(H,26,29)(H2,24,25,27,28);1H. The van der Waals surface area contributed by atoms with Crippen molar-refractivity contribution in [2.45, 2.75) is 13.5 Å². The lowest BCUT2D eigenvalue weighted by atomic mass is 9.97. The summed E-state index contributed by atoms with van der Waals surface area (Å²) in [5.74, 6) is 2.63. The number of aromatic nitrogens is 3. The molecule has 3 aromatic rings. The second kappa shape index (κ2) is 11.3. The number of carbonyl (C=O) groups excluding carboxylic acids is 2. The molecule has 0 aliphatic carbocycles. The molecule has 0 unspecified atom stereocenters. The van der Waals surface area contributed by atoms with Crippen LogP contribution in [0.4, 0.5) is 15.4 Å². The van der Waals surface area contributed by atoms with Crippen molar-refractivity contribution in [1.82, 2.24) is 25.6 Å². The molecule has 160 valence electrons. The van der Waals surface area contributed by atoms with Gasteiger partial charge >= 0.3 is 12.1 Å². The quantitative estimate of drug-likeness (QED) is 0.507. The monoisotopic (exact) mass is 440 g/mol. The van der Waals surface area contributed by atoms with Crippen LogP contribution in [0.1, 0.15) is 12.5 Å². The van der Waals surface area contributed by atoms with Crippen LogP contribution < -0.4 is 16.0 Å². The second-order valence-electron chi connectivity index (χ2n) is 6.13. The lowest BCUT2D eigenvalue weighted by Gasteiger charge is -2.13. The maximum atomic E-state index is 11.9. The minimum atomic E-state index is -0.607. The first-order valence-corrected chi connectivity index (χ1v) is 9.18. The fourth-order valence-corrected chi connectivity index (χ4v) is 2.86. The smallest absolute Gasteiger partial charge is 0.408 e. The molecule has 2 heterocycles. The number of pyridine rings is 1. The molecule has 3 amide bonds. The second-order valence-corrected chi connectivity index (χ2v) is 6.13. The zero-order chi connectivity index (χ0) is 21.3. The molecule has 3 rings (SSSR count). The van der Waals surface area contributed by atoms with Gasteiger partial charge in [0.05, 0.1) is 0 Å². The van der Waals surface area contributed by atoms with Crippen molar-refractivity contribution in [3.8, 4) is 23.5 Å². The number of amides is 3. The van der Waals surface area contributed by atoms with E-state index >= 15 is 0 Å². The number of hydrogen-bond acceptors (Lipinski definition) is 6. The summed E-state index contributed by atoms with van der Waals surface area (Å²) in [4.78, 5) is 36.1. The van der Waals surface area contributed by atoms with Crippen LogP contribution >= 0.6 is 12.4 Å². The Morgan fingerprint density at radius 3 is 2.61 bits per heavy atom. The molecule has 0 atom stereocenters. The van der Waals surface area contributed by atoms with Crippen LogP contribution in [0, 0.1) is 12.3 Å². The lowest BCUT2D eigenvalue weighted by molar-refractivity contribution is 0.159. The molecule has 0 saturated carbocycles. The summed E-state index contributed by atoms with van der Waals surface area (Å²) in [7, 11) is 0. The number of anilines is 1. The van der Waals surface area contributed by atoms with Crippen LogP contribution in [0.3, 0.4) is 0 Å². The number of nitrogens with zero attached hydrogens (tertiary/aromatic N) is 3. The van der Waals surface area contributed by atoms with Crippen LogP contribution in [0.15, 0.2) is 43.1 Å². The van der Waals surface area contributed by atoms with E-state index in [0.29, 0.717) is 12.4 Å². The van der Waals surface area contributed by atoms with Crippen LogP contribution in [-0.4, -0.2) is 40.2 Å². The molecule has 10 heteroatoms. The Balaban J connectivity index is 0.00000341. The third kappa shape index (κ3) is 6.04. The average Bonchev–Trinajstić information content (AvgIpc) is 2.76. The van der Waals surface area contributed by atoms with E-state index in [0.717, 1.165) is 27.5 Å². The lowest BCUT2D eigenvalue weighted by Crippen LogP contribution is -2.28. The number of nitrogens with one attached hydrogen (secondary N) is 3. The SMILES string of the molecule is C#CCOC(=O)NCc1ccc(-c2cncnc2)c2cc(NC(=O)NCC)ncc12.Cl. The largest absolute Gasteiger partial charge is 0.436 e. The number of hydrogen-bond donors (Lipinski definition) is 3. The average molecular weight is 441 g/mol. The van der Waals surface area contributed by atoms with Crippen molar-refractivity contribution in [2.24, 2.45) is 0 Å². The molecule has 0 fully saturated rings. The number of alkyl carbamates (subject to hydrolysis) is 1. The van der Waals surface area contributed by atoms with E-state index in [1.54, 1.807) is 24.7 Å². The number of benzene rings is 1. The first-order valence-electron chi connectivity index (χ1n) is 9.18. The maximum absolute atomic E-state index is 11.9. The zero-order valence-corrected chi connectivity index (χ0v) is 17.5. The number of terminal acetylenes is 1. The third-order valence-electron chi connectivity index (χ3n) is 4.15. The van der Waals surface area contributed by atoms with Crippen molar-refractivity contribution < 1.29 is 14.3 Å². The van der Waals surface area contributed by atoms with Gasteiger partial charge in [-0.05, 0) is 29.5 Å². The topological polar surface area (TPSA) is 118 Å². The Hall–Kier alpha value is -3.90. The number of urea groups is 1. The normalized spacial score (nSPS) is 9.81. The molecule has 1 aromatic carbocycles. The van der Waals surface area contributed by atoms with Crippen LogP contribution in [0.5, 0.6) is 0 Å². The van der Waals surface area contributed by atoms with Crippen molar-refractivity contribution in [3.63, 3.8) is 0 Å². The molecule has 9 nitrogen and oxygen atoms in total. The molecule has 0 radical (unpaired) electrons. The Labute approximate surface area is 185 Å². The van der Waals surface area contributed by atoms with Gasteiger partial charge in [-0.15, -0.1) is 18.8 Å². The van der Waals surface area contributed by atoms with Gasteiger partial charge in [-0.2, -0.15) is 0 Å². The number of carbonyl (C=O) groups is 2. The number of rotatable bonds is 6. The highest BCUT2D eigenvalue weighted by atomic mass is 35.5. The molecule has 0 saturated heterocycles. The van der Waals surface area contributed by atoms with Gasteiger partial charge in [-0.1, -0.05) is 18.1 Å². The first-order chi connectivity index (χ1) is 14.6. The van der Waals surface area contributed by atoms with Crippen molar-refractivity contribution in [1.29, 1.82) is 0 Å². The maximum Gasteiger partial charge on any atom is 0.408 e. The predicted molar refractivity (Wildman–Crippen MR) is 120 cm³/mol. The van der Waals surface area contributed by atoms with Crippen LogP contribution in [0.2, 0.25) is 0 Å². The summed E-state index contributed by atoms with van der Waals surface area (Å²) >= 11 is 0. The summed E-state index contributed by atoms with van der Waals surface area (Å²) in [6.45, 7) is 2.44. The van der Waals surface area contributed by atoms with Gasteiger partial charge in [-0.25, -0.2) is 24.5 Å². The third-order valence-corrected chi connectivity index (χ3v) is 4.15. The fourth-order valence-electron chi connectivity index (χ4n) is 2.86. The summed E-state index contributed by atoms with van der Waals surface area (Å²) in [6.07, 6.45) is 11.0. The van der Waals surface area contributed by atoms with Crippen molar-refractivity contribution in [3.05, 3.63) is 48.7 Å². The van der Waals surface area contributed by atoms with E-state index in [1.165, 1.54) is 6.33 Å². The fraction of sp³-hybridized carbons (Fsp3) is 0.190. The highest BCUT2D eigenvalue weighted by Crippen LogP contribution is 2.31. The summed E-state index contributed by atoms with van der Waals surface area (Å²) in [5, 5.41) is 9.65. The van der Waals surface area contributed by atoms with Gasteiger partial charge < -0.3 is 15.4 Å². The van der Waals surface area contributed by atoms with Gasteiger partial charge in [0.25, 0.3) is 0 Å². The van der Waals surface area contributed by atoms with E-state index in [4.69, 9.17) is 11.2 Å². The number of halogens is 1. The molecule has 0 bridgehead atoms. The van der Waals surface area contributed by atoms with Crippen molar-refractivity contribution >= 4 is 41.1 Å².